The highest BCUT2D eigenvalue weighted by Gasteiger charge is 2.21. The molecule has 18 heavy (non-hydrogen) atoms. The van der Waals surface area contributed by atoms with Crippen LogP contribution in [0.2, 0.25) is 0 Å². The van der Waals surface area contributed by atoms with E-state index in [9.17, 15) is 9.59 Å². The second-order valence-corrected chi connectivity index (χ2v) is 4.70. The fourth-order valence-corrected chi connectivity index (χ4v) is 1.99. The average molecular weight is 258 g/mol. The van der Waals surface area contributed by atoms with Gasteiger partial charge < -0.3 is 20.5 Å². The van der Waals surface area contributed by atoms with Crippen molar-refractivity contribution in [1.82, 2.24) is 10.6 Å². The molecular formula is C12H22N2O4. The quantitative estimate of drug-likeness (QED) is 0.685. The van der Waals surface area contributed by atoms with E-state index in [0.717, 1.165) is 12.8 Å². The van der Waals surface area contributed by atoms with Crippen LogP contribution in [0.1, 0.15) is 33.1 Å². The standard InChI is InChI=1S/C12H22N2O4/c1-3-9(11(15)16)7-13-12(17)14-10-4-5-18-8(2)6-10/h8-10H,3-7H2,1-2H3,(H,15,16)(H2,13,14,17). The van der Waals surface area contributed by atoms with Gasteiger partial charge in [-0.25, -0.2) is 4.79 Å². The van der Waals surface area contributed by atoms with E-state index in [4.69, 9.17) is 9.84 Å². The van der Waals surface area contributed by atoms with Gasteiger partial charge in [0.1, 0.15) is 0 Å². The van der Waals surface area contributed by atoms with E-state index in [-0.39, 0.29) is 24.7 Å². The highest BCUT2D eigenvalue weighted by molar-refractivity contribution is 5.76. The number of aliphatic carboxylic acids is 1. The molecule has 1 heterocycles. The highest BCUT2D eigenvalue weighted by atomic mass is 16.5. The molecular weight excluding hydrogens is 236 g/mol. The monoisotopic (exact) mass is 258 g/mol. The first-order valence-corrected chi connectivity index (χ1v) is 6.41. The number of carboxylic acids is 1. The number of amides is 2. The maximum atomic E-state index is 11.6. The number of carbonyl (C=O) groups is 2. The van der Waals surface area contributed by atoms with Gasteiger partial charge in [-0.3, -0.25) is 4.79 Å². The summed E-state index contributed by atoms with van der Waals surface area (Å²) < 4.78 is 5.39. The molecule has 6 nitrogen and oxygen atoms in total. The number of hydrogen-bond acceptors (Lipinski definition) is 3. The number of hydrogen-bond donors (Lipinski definition) is 3. The van der Waals surface area contributed by atoms with Gasteiger partial charge in [-0.15, -0.1) is 0 Å². The predicted octanol–water partition coefficient (Wildman–Crippen LogP) is 0.964. The summed E-state index contributed by atoms with van der Waals surface area (Å²) in [5.41, 5.74) is 0. The molecule has 3 N–H and O–H groups in total. The zero-order chi connectivity index (χ0) is 13.5. The van der Waals surface area contributed by atoms with Gasteiger partial charge in [0.05, 0.1) is 12.0 Å². The van der Waals surface area contributed by atoms with Crippen LogP contribution in [-0.2, 0) is 9.53 Å². The molecule has 3 atom stereocenters. The van der Waals surface area contributed by atoms with Crippen molar-refractivity contribution in [2.75, 3.05) is 13.2 Å². The summed E-state index contributed by atoms with van der Waals surface area (Å²) in [6, 6.07) is -0.188. The lowest BCUT2D eigenvalue weighted by atomic mass is 10.0. The van der Waals surface area contributed by atoms with Gasteiger partial charge in [0.15, 0.2) is 0 Å². The number of rotatable bonds is 5. The van der Waals surface area contributed by atoms with E-state index in [1.807, 2.05) is 6.92 Å². The summed E-state index contributed by atoms with van der Waals surface area (Å²) in [6.07, 6.45) is 2.26. The first kappa shape index (κ1) is 14.8. The molecule has 1 rings (SSSR count). The summed E-state index contributed by atoms with van der Waals surface area (Å²) in [6.45, 7) is 4.58. The molecule has 0 aromatic heterocycles. The molecule has 6 heteroatoms. The maximum Gasteiger partial charge on any atom is 0.315 e. The van der Waals surface area contributed by atoms with E-state index in [0.29, 0.717) is 13.0 Å². The first-order valence-electron chi connectivity index (χ1n) is 6.41. The lowest BCUT2D eigenvalue weighted by Gasteiger charge is -2.28. The second kappa shape index (κ2) is 7.20. The van der Waals surface area contributed by atoms with Crippen LogP contribution in [0, 0.1) is 5.92 Å². The third kappa shape index (κ3) is 4.91. The molecule has 2 amide bonds. The Balaban J connectivity index is 2.26. The van der Waals surface area contributed by atoms with Crippen molar-refractivity contribution in [1.29, 1.82) is 0 Å². The lowest BCUT2D eigenvalue weighted by Crippen LogP contribution is -2.47. The fourth-order valence-electron chi connectivity index (χ4n) is 1.99. The minimum absolute atomic E-state index is 0.110. The van der Waals surface area contributed by atoms with Crippen LogP contribution in [0.4, 0.5) is 4.79 Å². The van der Waals surface area contributed by atoms with E-state index < -0.39 is 11.9 Å². The molecule has 1 aliphatic heterocycles. The smallest absolute Gasteiger partial charge is 0.315 e. The number of urea groups is 1. The molecule has 3 unspecified atom stereocenters. The van der Waals surface area contributed by atoms with Crippen LogP contribution in [0.25, 0.3) is 0 Å². The zero-order valence-electron chi connectivity index (χ0n) is 10.9. The van der Waals surface area contributed by atoms with Crippen molar-refractivity contribution >= 4 is 12.0 Å². The normalized spacial score (nSPS) is 25.2. The molecule has 0 radical (unpaired) electrons. The van der Waals surface area contributed by atoms with Crippen molar-refractivity contribution in [3.63, 3.8) is 0 Å². The average Bonchev–Trinajstić information content (AvgIpc) is 2.29. The predicted molar refractivity (Wildman–Crippen MR) is 66.4 cm³/mol. The second-order valence-electron chi connectivity index (χ2n) is 4.70. The van der Waals surface area contributed by atoms with Gasteiger partial charge in [-0.1, -0.05) is 6.92 Å². The third-order valence-corrected chi connectivity index (χ3v) is 3.17. The molecule has 1 aliphatic rings. The van der Waals surface area contributed by atoms with Crippen LogP contribution in [0.15, 0.2) is 0 Å². The number of carbonyl (C=O) groups excluding carboxylic acids is 1. The number of nitrogens with one attached hydrogen (secondary N) is 2. The summed E-state index contributed by atoms with van der Waals surface area (Å²) in [5.74, 6) is -1.40. The number of ether oxygens (including phenoxy) is 1. The molecule has 1 saturated heterocycles. The summed E-state index contributed by atoms with van der Waals surface area (Å²) in [5, 5.41) is 14.3. The van der Waals surface area contributed by atoms with Gasteiger partial charge in [-0.05, 0) is 26.2 Å². The van der Waals surface area contributed by atoms with Gasteiger partial charge in [0, 0.05) is 19.2 Å². The van der Waals surface area contributed by atoms with Gasteiger partial charge in [0.2, 0.25) is 0 Å². The van der Waals surface area contributed by atoms with Crippen LogP contribution in [0.3, 0.4) is 0 Å². The Labute approximate surface area is 107 Å². The zero-order valence-corrected chi connectivity index (χ0v) is 10.9. The largest absolute Gasteiger partial charge is 0.481 e. The summed E-state index contributed by atoms with van der Waals surface area (Å²) in [4.78, 5) is 22.4. The molecule has 0 saturated carbocycles. The van der Waals surface area contributed by atoms with Crippen LogP contribution < -0.4 is 10.6 Å². The Hall–Kier alpha value is -1.30. The maximum absolute atomic E-state index is 11.6. The van der Waals surface area contributed by atoms with Crippen molar-refractivity contribution in [3.05, 3.63) is 0 Å². The summed E-state index contributed by atoms with van der Waals surface area (Å²) >= 11 is 0. The Kier molecular flexibility index (Phi) is 5.91. The van der Waals surface area contributed by atoms with Crippen molar-refractivity contribution < 1.29 is 19.4 Å². The van der Waals surface area contributed by atoms with Crippen LogP contribution in [0.5, 0.6) is 0 Å². The van der Waals surface area contributed by atoms with E-state index >= 15 is 0 Å². The Bertz CT molecular complexity index is 296. The molecule has 0 spiro atoms. The van der Waals surface area contributed by atoms with E-state index in [2.05, 4.69) is 10.6 Å². The lowest BCUT2D eigenvalue weighted by molar-refractivity contribution is -0.141. The third-order valence-electron chi connectivity index (χ3n) is 3.17. The molecule has 0 aliphatic carbocycles. The van der Waals surface area contributed by atoms with E-state index in [1.165, 1.54) is 0 Å². The molecule has 0 bridgehead atoms. The van der Waals surface area contributed by atoms with Gasteiger partial charge >= 0.3 is 12.0 Å². The van der Waals surface area contributed by atoms with E-state index in [1.54, 1.807) is 6.92 Å². The van der Waals surface area contributed by atoms with Gasteiger partial charge in [-0.2, -0.15) is 0 Å². The van der Waals surface area contributed by atoms with Gasteiger partial charge in [0.25, 0.3) is 0 Å². The number of carboxylic acid groups (broad SMARTS) is 1. The Morgan fingerprint density at radius 3 is 2.78 bits per heavy atom. The van der Waals surface area contributed by atoms with Crippen molar-refractivity contribution in [3.8, 4) is 0 Å². The summed E-state index contributed by atoms with van der Waals surface area (Å²) in [7, 11) is 0. The van der Waals surface area contributed by atoms with Crippen LogP contribution >= 0.6 is 0 Å². The topological polar surface area (TPSA) is 87.7 Å². The Morgan fingerprint density at radius 2 is 2.22 bits per heavy atom. The first-order chi connectivity index (χ1) is 8.52. The fraction of sp³-hybridized carbons (Fsp3) is 0.833. The Morgan fingerprint density at radius 1 is 1.50 bits per heavy atom. The molecule has 0 aromatic carbocycles. The highest BCUT2D eigenvalue weighted by Crippen LogP contribution is 2.12. The van der Waals surface area contributed by atoms with Crippen molar-refractivity contribution in [2.24, 2.45) is 5.92 Å². The molecule has 104 valence electrons. The minimum atomic E-state index is -0.877. The van der Waals surface area contributed by atoms with Crippen molar-refractivity contribution in [2.45, 2.75) is 45.3 Å². The van der Waals surface area contributed by atoms with Crippen LogP contribution in [-0.4, -0.2) is 42.4 Å². The SMILES string of the molecule is CCC(CNC(=O)NC1CCOC(C)C1)C(=O)O. The minimum Gasteiger partial charge on any atom is -0.481 e. The molecule has 1 fully saturated rings. The molecule has 0 aromatic rings.